The van der Waals surface area contributed by atoms with Gasteiger partial charge < -0.3 is 5.32 Å². The number of aromatic nitrogens is 2. The topological polar surface area (TPSA) is 46.9 Å². The Bertz CT molecular complexity index is 1040. The predicted octanol–water partition coefficient (Wildman–Crippen LogP) is 6.14. The number of rotatable bonds is 6. The van der Waals surface area contributed by atoms with Crippen LogP contribution in [0.5, 0.6) is 0 Å². The van der Waals surface area contributed by atoms with Crippen LogP contribution in [0.1, 0.15) is 43.6 Å². The molecule has 0 aliphatic heterocycles. The number of carbonyl (C=O) groups excluding carboxylic acids is 1. The van der Waals surface area contributed by atoms with Gasteiger partial charge in [0.1, 0.15) is 18.2 Å². The van der Waals surface area contributed by atoms with E-state index >= 15 is 0 Å². The molecule has 1 amide bonds. The van der Waals surface area contributed by atoms with Crippen molar-refractivity contribution >= 4 is 11.7 Å². The number of hydrogen-bond acceptors (Lipinski definition) is 2. The van der Waals surface area contributed by atoms with Gasteiger partial charge in [-0.2, -0.15) is 35.8 Å². The van der Waals surface area contributed by atoms with E-state index in [9.17, 15) is 39.9 Å². The van der Waals surface area contributed by atoms with Crippen molar-refractivity contribution in [1.82, 2.24) is 9.78 Å². The fourth-order valence-electron chi connectivity index (χ4n) is 4.14. The van der Waals surface area contributed by atoms with Crippen LogP contribution in [0.3, 0.4) is 0 Å². The second kappa shape index (κ2) is 7.98. The summed E-state index contributed by atoms with van der Waals surface area (Å²) < 4.78 is 107. The highest BCUT2D eigenvalue weighted by Crippen LogP contribution is 2.56. The molecule has 0 radical (unpaired) electrons. The molecule has 2 aromatic rings. The van der Waals surface area contributed by atoms with Crippen molar-refractivity contribution in [3.63, 3.8) is 0 Å². The van der Waals surface area contributed by atoms with Crippen molar-refractivity contribution in [2.75, 3.05) is 5.32 Å². The van der Waals surface area contributed by atoms with Gasteiger partial charge in [0.25, 0.3) is 0 Å². The minimum Gasteiger partial charge on any atom is -0.311 e. The molecule has 0 spiro atoms. The summed E-state index contributed by atoms with van der Waals surface area (Å²) in [5.74, 6) is -12.7. The molecule has 33 heavy (non-hydrogen) atoms. The lowest BCUT2D eigenvalue weighted by atomic mass is 9.74. The molecular formula is C21H19F8N3O. The molecule has 1 aromatic carbocycles. The van der Waals surface area contributed by atoms with Gasteiger partial charge in [-0.3, -0.25) is 4.79 Å². The van der Waals surface area contributed by atoms with Crippen molar-refractivity contribution in [1.29, 1.82) is 0 Å². The molecular weight excluding hydrogens is 462 g/mol. The average molecular weight is 481 g/mol. The zero-order valence-electron chi connectivity index (χ0n) is 17.0. The van der Waals surface area contributed by atoms with Gasteiger partial charge in [0, 0.05) is 29.9 Å². The molecule has 0 bridgehead atoms. The van der Waals surface area contributed by atoms with Gasteiger partial charge >= 0.3 is 18.0 Å². The first kappa shape index (κ1) is 23.5. The van der Waals surface area contributed by atoms with Crippen LogP contribution in [-0.4, -0.2) is 33.7 Å². The van der Waals surface area contributed by atoms with Gasteiger partial charge in [-0.15, -0.1) is 0 Å². The van der Waals surface area contributed by atoms with Crippen LogP contribution in [-0.2, 0) is 11.3 Å². The molecule has 1 aromatic heterocycles. The number of halogens is 8. The third-order valence-corrected chi connectivity index (χ3v) is 6.14. The average Bonchev–Trinajstić information content (AvgIpc) is 2.96. The molecule has 1 N–H and O–H groups in total. The van der Waals surface area contributed by atoms with Gasteiger partial charge in [0.05, 0.1) is 5.69 Å². The van der Waals surface area contributed by atoms with E-state index in [0.29, 0.717) is 23.1 Å². The third-order valence-electron chi connectivity index (χ3n) is 6.14. The summed E-state index contributed by atoms with van der Waals surface area (Å²) in [6, 6.07) is 4.89. The highest BCUT2D eigenvalue weighted by Gasteiger charge is 2.71. The van der Waals surface area contributed by atoms with E-state index in [4.69, 9.17) is 0 Å². The maximum absolute atomic E-state index is 13.6. The Hall–Kier alpha value is -2.66. The molecule has 0 saturated heterocycles. The van der Waals surface area contributed by atoms with Crippen LogP contribution < -0.4 is 5.32 Å². The number of nitrogens with zero attached hydrogens (tertiary/aromatic N) is 2. The van der Waals surface area contributed by atoms with Gasteiger partial charge in [-0.1, -0.05) is 6.42 Å². The minimum atomic E-state index is -4.72. The van der Waals surface area contributed by atoms with E-state index in [2.05, 4.69) is 10.4 Å². The lowest BCUT2D eigenvalue weighted by Crippen LogP contribution is -2.59. The molecule has 2 saturated carbocycles. The number of anilines is 1. The fraction of sp³-hybridized carbons (Fsp3) is 0.524. The molecule has 180 valence electrons. The molecule has 1 atom stereocenters. The molecule has 4 rings (SSSR count). The summed E-state index contributed by atoms with van der Waals surface area (Å²) in [5.41, 5.74) is 0.718. The van der Waals surface area contributed by atoms with Gasteiger partial charge in [-0.05, 0) is 43.0 Å². The summed E-state index contributed by atoms with van der Waals surface area (Å²) in [7, 11) is 0. The largest absolute Gasteiger partial charge is 0.408 e. The van der Waals surface area contributed by atoms with Gasteiger partial charge in [-0.25, -0.2) is 9.07 Å². The summed E-state index contributed by atoms with van der Waals surface area (Å²) in [5, 5.41) is 6.23. The molecule has 2 aliphatic carbocycles. The lowest BCUT2D eigenvalue weighted by Gasteiger charge is -2.43. The molecule has 2 fully saturated rings. The number of amides is 1. The molecule has 12 heteroatoms. The van der Waals surface area contributed by atoms with E-state index in [-0.39, 0.29) is 23.0 Å². The van der Waals surface area contributed by atoms with Crippen molar-refractivity contribution in [2.24, 2.45) is 5.92 Å². The molecule has 1 heterocycles. The zero-order valence-corrected chi connectivity index (χ0v) is 17.0. The summed E-state index contributed by atoms with van der Waals surface area (Å²) in [6.07, 6.45) is -4.90. The highest BCUT2D eigenvalue weighted by molar-refractivity contribution is 5.92. The number of carbonyl (C=O) groups is 1. The number of nitrogens with one attached hydrogen (secondary N) is 1. The van der Waals surface area contributed by atoms with Gasteiger partial charge in [0.15, 0.2) is 0 Å². The van der Waals surface area contributed by atoms with E-state index in [1.807, 2.05) is 0 Å². The third kappa shape index (κ3) is 4.43. The Labute approximate surface area is 182 Å². The quantitative estimate of drug-likeness (QED) is 0.504. The van der Waals surface area contributed by atoms with E-state index in [1.165, 1.54) is 12.1 Å². The van der Waals surface area contributed by atoms with E-state index in [0.717, 1.165) is 18.6 Å². The molecule has 2 aliphatic rings. The van der Waals surface area contributed by atoms with Crippen LogP contribution in [0.25, 0.3) is 11.3 Å². The predicted molar refractivity (Wildman–Crippen MR) is 102 cm³/mol. The van der Waals surface area contributed by atoms with Crippen molar-refractivity contribution in [3.05, 3.63) is 35.6 Å². The monoisotopic (exact) mass is 481 g/mol. The maximum Gasteiger partial charge on any atom is 0.408 e. The fourth-order valence-corrected chi connectivity index (χ4v) is 4.14. The molecule has 0 unspecified atom stereocenters. The van der Waals surface area contributed by atoms with Crippen LogP contribution in [0.4, 0.5) is 40.9 Å². The highest BCUT2D eigenvalue weighted by atomic mass is 19.4. The number of benzene rings is 1. The molecule has 4 nitrogen and oxygen atoms in total. The summed E-state index contributed by atoms with van der Waals surface area (Å²) in [4.78, 5) is 12.4. The van der Waals surface area contributed by atoms with Crippen LogP contribution in [0, 0.1) is 11.7 Å². The SMILES string of the molecule is O=C(C[C@H]1CC(F)(F)C1(F)F)Nc1c(C2CCC2)c(-c2ccc(F)cc2)nn1CC(F)(F)F. The lowest BCUT2D eigenvalue weighted by molar-refractivity contribution is -0.313. The van der Waals surface area contributed by atoms with E-state index in [1.54, 1.807) is 0 Å². The van der Waals surface area contributed by atoms with Crippen molar-refractivity contribution in [2.45, 2.75) is 62.6 Å². The van der Waals surface area contributed by atoms with Crippen molar-refractivity contribution in [3.8, 4) is 11.3 Å². The Morgan fingerprint density at radius 2 is 1.76 bits per heavy atom. The normalized spacial score (nSPS) is 21.9. The Kier molecular flexibility index (Phi) is 5.68. The number of alkyl halides is 7. The van der Waals surface area contributed by atoms with Crippen molar-refractivity contribution < 1.29 is 39.9 Å². The summed E-state index contributed by atoms with van der Waals surface area (Å²) in [6.45, 7) is -1.57. The van der Waals surface area contributed by atoms with Crippen LogP contribution in [0.2, 0.25) is 0 Å². The number of hydrogen-bond donors (Lipinski definition) is 1. The first-order valence-electron chi connectivity index (χ1n) is 10.3. The van der Waals surface area contributed by atoms with Gasteiger partial charge in [0.2, 0.25) is 5.91 Å². The van der Waals surface area contributed by atoms with Crippen LogP contribution >= 0.6 is 0 Å². The second-order valence-electron chi connectivity index (χ2n) is 8.50. The van der Waals surface area contributed by atoms with Crippen LogP contribution in [0.15, 0.2) is 24.3 Å². The smallest absolute Gasteiger partial charge is 0.311 e. The summed E-state index contributed by atoms with van der Waals surface area (Å²) >= 11 is 0. The Morgan fingerprint density at radius 1 is 1.12 bits per heavy atom. The standard InChI is InChI=1S/C21H19F8N3O/c22-14-6-4-12(5-7-14)17-16(11-2-1-3-11)18(32(31-17)10-20(25,26)27)30-15(33)8-13-9-19(23,24)21(13,28)29/h4-7,11,13H,1-3,8-10H2,(H,30,33)/t13-/m0/s1. The maximum atomic E-state index is 13.6. The Balaban J connectivity index is 1.69. The van der Waals surface area contributed by atoms with E-state index < -0.39 is 55.1 Å². The first-order chi connectivity index (χ1) is 15.3. The first-order valence-corrected chi connectivity index (χ1v) is 10.3. The minimum absolute atomic E-state index is 0.111. The second-order valence-corrected chi connectivity index (χ2v) is 8.50. The Morgan fingerprint density at radius 3 is 2.24 bits per heavy atom. The zero-order chi connectivity index (χ0) is 24.2.